The molecule has 1 aliphatic carbocycles. The number of nitrogens with one attached hydrogen (secondary N) is 1. The van der Waals surface area contributed by atoms with Crippen LogP contribution in [0.4, 0.5) is 0 Å². The summed E-state index contributed by atoms with van der Waals surface area (Å²) in [7, 11) is -2.33. The summed E-state index contributed by atoms with van der Waals surface area (Å²) >= 11 is 6.23. The zero-order valence-electron chi connectivity index (χ0n) is 16.7. The van der Waals surface area contributed by atoms with Crippen molar-refractivity contribution in [3.63, 3.8) is 0 Å². The predicted molar refractivity (Wildman–Crippen MR) is 109 cm³/mol. The fraction of sp³-hybridized carbons (Fsp3) is 0.600. The van der Waals surface area contributed by atoms with Crippen molar-refractivity contribution < 1.29 is 22.7 Å². The number of sulfonamides is 1. The van der Waals surface area contributed by atoms with Crippen molar-refractivity contribution in [3.05, 3.63) is 28.8 Å². The maximum atomic E-state index is 13.0. The molecule has 2 fully saturated rings. The van der Waals surface area contributed by atoms with Crippen LogP contribution in [-0.4, -0.2) is 50.3 Å². The Balaban J connectivity index is 1.88. The molecule has 1 saturated carbocycles. The van der Waals surface area contributed by atoms with Gasteiger partial charge >= 0.3 is 5.97 Å². The van der Waals surface area contributed by atoms with Crippen molar-refractivity contribution in [1.82, 2.24) is 9.62 Å². The number of halogens is 1. The van der Waals surface area contributed by atoms with Crippen LogP contribution >= 0.6 is 11.6 Å². The molecule has 9 heteroatoms. The van der Waals surface area contributed by atoms with E-state index in [1.54, 1.807) is 0 Å². The van der Waals surface area contributed by atoms with Crippen LogP contribution in [0.15, 0.2) is 23.1 Å². The molecule has 0 aromatic heterocycles. The Labute approximate surface area is 176 Å². The molecule has 1 saturated heterocycles. The molecular formula is C20H27ClN2O5S. The number of rotatable bonds is 5. The van der Waals surface area contributed by atoms with Crippen LogP contribution < -0.4 is 5.32 Å². The molecule has 0 spiro atoms. The van der Waals surface area contributed by atoms with Crippen molar-refractivity contribution >= 4 is 33.5 Å². The van der Waals surface area contributed by atoms with Gasteiger partial charge in [-0.2, -0.15) is 4.31 Å². The maximum absolute atomic E-state index is 13.0. The first-order valence-corrected chi connectivity index (χ1v) is 11.7. The van der Waals surface area contributed by atoms with Gasteiger partial charge in [0.05, 0.1) is 34.0 Å². The zero-order chi connectivity index (χ0) is 21.2. The number of hydrogen-bond acceptors (Lipinski definition) is 5. The van der Waals surface area contributed by atoms with Crippen LogP contribution in [0.5, 0.6) is 0 Å². The lowest BCUT2D eigenvalue weighted by atomic mass is 9.73. The van der Waals surface area contributed by atoms with Crippen molar-refractivity contribution in [2.24, 2.45) is 5.92 Å². The molecule has 2 aliphatic rings. The van der Waals surface area contributed by atoms with E-state index in [0.29, 0.717) is 25.9 Å². The molecule has 0 radical (unpaired) electrons. The number of amides is 1. The molecule has 3 rings (SSSR count). The van der Waals surface area contributed by atoms with E-state index in [-0.39, 0.29) is 21.5 Å². The summed E-state index contributed by atoms with van der Waals surface area (Å²) in [6.07, 6.45) is 4.67. The largest absolute Gasteiger partial charge is 0.469 e. The SMILES string of the molecule is COC(=O)[C@H]1CCCC[C@]1(C)NC(=O)c1cc(S(=O)(=O)N2CCCC2)ccc1Cl. The number of methoxy groups -OCH3 is 1. The Bertz CT molecular complexity index is 898. The Morgan fingerprint density at radius 3 is 2.55 bits per heavy atom. The third kappa shape index (κ3) is 4.44. The Hall–Kier alpha value is -1.64. The molecule has 1 aromatic rings. The number of carbonyl (C=O) groups excluding carboxylic acids is 2. The second-order valence-electron chi connectivity index (χ2n) is 7.95. The lowest BCUT2D eigenvalue weighted by Gasteiger charge is -2.40. The average molecular weight is 443 g/mol. The molecule has 1 amide bonds. The third-order valence-corrected chi connectivity index (χ3v) is 8.20. The highest BCUT2D eigenvalue weighted by Gasteiger charge is 2.43. The standard InChI is InChI=1S/C20H27ClN2O5S/c1-20(10-4-3-7-16(20)19(25)28-2)22-18(24)15-13-14(8-9-17(15)21)29(26,27)23-11-5-6-12-23/h8-9,13,16H,3-7,10-12H2,1-2H3,(H,22,24)/t16-,20+/m1/s1. The van der Waals surface area contributed by atoms with E-state index < -0.39 is 27.4 Å². The molecule has 1 N–H and O–H groups in total. The number of hydrogen-bond donors (Lipinski definition) is 1. The predicted octanol–water partition coefficient (Wildman–Crippen LogP) is 2.98. The second-order valence-corrected chi connectivity index (χ2v) is 10.3. The minimum Gasteiger partial charge on any atom is -0.469 e. The van der Waals surface area contributed by atoms with Crippen LogP contribution in [0, 0.1) is 5.92 Å². The number of esters is 1. The van der Waals surface area contributed by atoms with Gasteiger partial charge in [-0.15, -0.1) is 0 Å². The van der Waals surface area contributed by atoms with Gasteiger partial charge < -0.3 is 10.1 Å². The van der Waals surface area contributed by atoms with E-state index in [1.807, 2.05) is 6.92 Å². The van der Waals surface area contributed by atoms with E-state index in [1.165, 1.54) is 29.6 Å². The van der Waals surface area contributed by atoms with Gasteiger partial charge in [-0.25, -0.2) is 8.42 Å². The normalized spacial score (nSPS) is 25.6. The van der Waals surface area contributed by atoms with Gasteiger partial charge in [-0.05, 0) is 50.8 Å². The monoisotopic (exact) mass is 442 g/mol. The highest BCUT2D eigenvalue weighted by Crippen LogP contribution is 2.35. The van der Waals surface area contributed by atoms with Gasteiger partial charge in [0.1, 0.15) is 0 Å². The van der Waals surface area contributed by atoms with Crippen LogP contribution in [-0.2, 0) is 19.6 Å². The van der Waals surface area contributed by atoms with E-state index in [9.17, 15) is 18.0 Å². The summed E-state index contributed by atoms with van der Waals surface area (Å²) < 4.78 is 32.0. The fourth-order valence-corrected chi connectivity index (χ4v) is 5.99. The molecule has 0 bridgehead atoms. The second kappa shape index (κ2) is 8.62. The van der Waals surface area contributed by atoms with Gasteiger partial charge in [0, 0.05) is 13.1 Å². The van der Waals surface area contributed by atoms with Crippen molar-refractivity contribution in [1.29, 1.82) is 0 Å². The van der Waals surface area contributed by atoms with E-state index >= 15 is 0 Å². The van der Waals surface area contributed by atoms with Crippen molar-refractivity contribution in [3.8, 4) is 0 Å². The summed E-state index contributed by atoms with van der Waals surface area (Å²) in [6.45, 7) is 2.78. The number of carbonyl (C=O) groups is 2. The highest BCUT2D eigenvalue weighted by atomic mass is 35.5. The van der Waals surface area contributed by atoms with Crippen LogP contribution in [0.25, 0.3) is 0 Å². The molecule has 160 valence electrons. The molecule has 1 aromatic carbocycles. The summed E-state index contributed by atoms with van der Waals surface area (Å²) in [5.74, 6) is -1.31. The first-order valence-electron chi connectivity index (χ1n) is 9.89. The average Bonchev–Trinajstić information content (AvgIpc) is 3.23. The summed E-state index contributed by atoms with van der Waals surface area (Å²) in [4.78, 5) is 25.3. The van der Waals surface area contributed by atoms with E-state index in [2.05, 4.69) is 5.32 Å². The number of benzene rings is 1. The molecule has 29 heavy (non-hydrogen) atoms. The topological polar surface area (TPSA) is 92.8 Å². The molecule has 7 nitrogen and oxygen atoms in total. The number of nitrogens with zero attached hydrogens (tertiary/aromatic N) is 1. The summed E-state index contributed by atoms with van der Waals surface area (Å²) in [5.41, 5.74) is -0.697. The molecule has 2 atom stereocenters. The fourth-order valence-electron chi connectivity index (χ4n) is 4.25. The van der Waals surface area contributed by atoms with Crippen LogP contribution in [0.3, 0.4) is 0 Å². The number of ether oxygens (including phenoxy) is 1. The maximum Gasteiger partial charge on any atom is 0.311 e. The third-order valence-electron chi connectivity index (χ3n) is 5.98. The first kappa shape index (κ1) is 22.1. The van der Waals surface area contributed by atoms with Gasteiger partial charge in [-0.3, -0.25) is 9.59 Å². The van der Waals surface area contributed by atoms with Gasteiger partial charge in [0.2, 0.25) is 10.0 Å². The molecule has 1 heterocycles. The lowest BCUT2D eigenvalue weighted by Crippen LogP contribution is -2.55. The van der Waals surface area contributed by atoms with Gasteiger partial charge in [-0.1, -0.05) is 24.4 Å². The summed E-state index contributed by atoms with van der Waals surface area (Å²) in [5, 5.41) is 3.10. The smallest absolute Gasteiger partial charge is 0.311 e. The minimum atomic E-state index is -3.67. The minimum absolute atomic E-state index is 0.0484. The zero-order valence-corrected chi connectivity index (χ0v) is 18.3. The van der Waals surface area contributed by atoms with E-state index in [4.69, 9.17) is 16.3 Å². The van der Waals surface area contributed by atoms with Crippen molar-refractivity contribution in [2.45, 2.75) is 55.9 Å². The van der Waals surface area contributed by atoms with Gasteiger partial charge in [0.25, 0.3) is 5.91 Å². The van der Waals surface area contributed by atoms with Crippen molar-refractivity contribution in [2.75, 3.05) is 20.2 Å². The van der Waals surface area contributed by atoms with Crippen LogP contribution in [0.1, 0.15) is 55.8 Å². The Kier molecular flexibility index (Phi) is 6.55. The lowest BCUT2D eigenvalue weighted by molar-refractivity contribution is -0.149. The molecular weight excluding hydrogens is 416 g/mol. The Morgan fingerprint density at radius 2 is 1.90 bits per heavy atom. The van der Waals surface area contributed by atoms with Gasteiger partial charge in [0.15, 0.2) is 0 Å². The van der Waals surface area contributed by atoms with E-state index in [0.717, 1.165) is 25.7 Å². The molecule has 1 aliphatic heterocycles. The van der Waals surface area contributed by atoms with Crippen LogP contribution in [0.2, 0.25) is 5.02 Å². The Morgan fingerprint density at radius 1 is 1.21 bits per heavy atom. The quantitative estimate of drug-likeness (QED) is 0.707. The first-order chi connectivity index (χ1) is 13.7. The highest BCUT2D eigenvalue weighted by molar-refractivity contribution is 7.89. The summed E-state index contributed by atoms with van der Waals surface area (Å²) in [6, 6.07) is 4.18. The molecule has 0 unspecified atom stereocenters.